The monoisotopic (exact) mass is 496 g/mol. The predicted octanol–water partition coefficient (Wildman–Crippen LogP) is 4.99. The number of fused-ring (bicyclic) bond motifs is 2. The number of pyridine rings is 1. The lowest BCUT2D eigenvalue weighted by Crippen LogP contribution is -2.38. The van der Waals surface area contributed by atoms with E-state index in [9.17, 15) is 10.2 Å². The summed E-state index contributed by atoms with van der Waals surface area (Å²) in [5.41, 5.74) is 7.85. The fourth-order valence-corrected chi connectivity index (χ4v) is 7.01. The van der Waals surface area contributed by atoms with Crippen molar-refractivity contribution >= 4 is 40.4 Å². The number of hydrogen-bond donors (Lipinski definition) is 3. The fraction of sp³-hybridized carbons (Fsp3) is 0.481. The summed E-state index contributed by atoms with van der Waals surface area (Å²) in [5, 5.41) is 23.2. The Morgan fingerprint density at radius 2 is 2.11 bits per heavy atom. The molecule has 1 aromatic carbocycles. The van der Waals surface area contributed by atoms with Crippen molar-refractivity contribution in [2.75, 3.05) is 5.73 Å². The van der Waals surface area contributed by atoms with Gasteiger partial charge < -0.3 is 20.5 Å². The van der Waals surface area contributed by atoms with E-state index in [1.165, 1.54) is 6.07 Å². The molecule has 1 unspecified atom stereocenters. The lowest BCUT2D eigenvalue weighted by molar-refractivity contribution is -0.0351. The van der Waals surface area contributed by atoms with Crippen molar-refractivity contribution in [1.29, 1.82) is 0 Å². The van der Waals surface area contributed by atoms with E-state index in [0.29, 0.717) is 23.2 Å². The third-order valence-corrected chi connectivity index (χ3v) is 8.96. The van der Waals surface area contributed by atoms with Gasteiger partial charge in [-0.3, -0.25) is 0 Å². The second-order valence-corrected chi connectivity index (χ2v) is 11.0. The Bertz CT molecular complexity index is 1350. The van der Waals surface area contributed by atoms with E-state index in [4.69, 9.17) is 17.3 Å². The largest absolute Gasteiger partial charge is 0.390 e. The number of nitrogen functional groups attached to an aromatic ring is 1. The number of aliphatic hydroxyl groups is 2. The van der Waals surface area contributed by atoms with E-state index in [2.05, 4.69) is 9.98 Å². The number of aliphatic hydroxyl groups excluding tert-OH is 2. The summed E-state index contributed by atoms with van der Waals surface area (Å²) in [6, 6.07) is 6.73. The van der Waals surface area contributed by atoms with Gasteiger partial charge in [0.05, 0.1) is 22.7 Å². The standard InChI is InChI=1S/C27H30ClFN4O2/c1-3-31-26-13(2)6-7-33(26)22-18-12-27(18,24(35)23(22)34)17(15-4-5-15)8-14-9-20(29)16-11-19(28)25(30)32-21(16)10-14/h3,6-7,9-11,15,17-18,22-24,34-35H,4-5,8,12H2,1-2H3,(H2,30,32)/t17?,18-,22-,23+,24+,27+/m1/s1. The Kier molecular flexibility index (Phi) is 5.26. The normalized spacial score (nSPS) is 30.8. The van der Waals surface area contributed by atoms with Crippen LogP contribution >= 0.6 is 11.6 Å². The summed E-state index contributed by atoms with van der Waals surface area (Å²) in [5.74, 6) is 1.39. The van der Waals surface area contributed by atoms with Crippen LogP contribution in [0.1, 0.15) is 43.4 Å². The molecule has 3 fully saturated rings. The third-order valence-electron chi connectivity index (χ3n) is 8.66. The number of nitrogens with two attached hydrogens (primary N) is 1. The van der Waals surface area contributed by atoms with Gasteiger partial charge in [0.15, 0.2) is 0 Å². The smallest absolute Gasteiger partial charge is 0.142 e. The van der Waals surface area contributed by atoms with Crippen LogP contribution in [-0.2, 0) is 6.42 Å². The summed E-state index contributed by atoms with van der Waals surface area (Å²) in [6.07, 6.45) is 5.69. The van der Waals surface area contributed by atoms with Crippen LogP contribution in [-0.4, -0.2) is 38.2 Å². The number of aromatic nitrogens is 2. The summed E-state index contributed by atoms with van der Waals surface area (Å²) >= 11 is 6.05. The molecule has 0 saturated heterocycles. The molecule has 0 radical (unpaired) electrons. The molecule has 0 bridgehead atoms. The number of aliphatic imine (C=N–C) groups is 1. The van der Waals surface area contributed by atoms with Gasteiger partial charge in [0.25, 0.3) is 0 Å². The molecule has 3 aliphatic rings. The Labute approximate surface area is 208 Å². The Balaban J connectivity index is 1.35. The van der Waals surface area contributed by atoms with Crippen molar-refractivity contribution in [3.05, 3.63) is 52.4 Å². The maximum absolute atomic E-state index is 15.0. The van der Waals surface area contributed by atoms with Crippen LogP contribution in [0.5, 0.6) is 0 Å². The molecule has 184 valence electrons. The second kappa shape index (κ2) is 8.02. The maximum Gasteiger partial charge on any atom is 0.142 e. The highest BCUT2D eigenvalue weighted by Gasteiger charge is 2.75. The molecule has 0 amide bonds. The molecule has 3 aromatic rings. The number of anilines is 1. The second-order valence-electron chi connectivity index (χ2n) is 10.6. The topological polar surface area (TPSA) is 96.7 Å². The molecule has 6 rings (SSSR count). The van der Waals surface area contributed by atoms with Crippen molar-refractivity contribution in [2.24, 2.45) is 28.2 Å². The van der Waals surface area contributed by atoms with Gasteiger partial charge in [0.1, 0.15) is 23.6 Å². The van der Waals surface area contributed by atoms with Crippen molar-refractivity contribution in [2.45, 2.75) is 57.8 Å². The minimum Gasteiger partial charge on any atom is -0.390 e. The quantitative estimate of drug-likeness (QED) is 0.419. The van der Waals surface area contributed by atoms with Gasteiger partial charge >= 0.3 is 0 Å². The number of benzene rings is 1. The first-order chi connectivity index (χ1) is 16.8. The summed E-state index contributed by atoms with van der Waals surface area (Å²) in [4.78, 5) is 8.83. The molecule has 0 spiro atoms. The first-order valence-electron chi connectivity index (χ1n) is 12.3. The zero-order valence-corrected chi connectivity index (χ0v) is 20.6. The SMILES string of the molecule is CC=Nc1c(C)ccn1[C@H]1[C@H](O)[C@H](O)[C@]2(C(Cc3cc(F)c4cc(Cl)c(N)nc4c3)C3CC3)C[C@H]12. The van der Waals surface area contributed by atoms with Gasteiger partial charge in [-0.15, -0.1) is 0 Å². The number of hydrogen-bond acceptors (Lipinski definition) is 5. The van der Waals surface area contributed by atoms with E-state index in [1.807, 2.05) is 36.7 Å². The van der Waals surface area contributed by atoms with Gasteiger partial charge in [-0.2, -0.15) is 0 Å². The molecule has 3 aliphatic carbocycles. The highest BCUT2D eigenvalue weighted by atomic mass is 35.5. The fourth-order valence-electron chi connectivity index (χ4n) is 6.86. The van der Waals surface area contributed by atoms with Crippen LogP contribution in [0.15, 0.2) is 35.5 Å². The minimum atomic E-state index is -0.871. The maximum atomic E-state index is 15.0. The summed E-state index contributed by atoms with van der Waals surface area (Å²) < 4.78 is 17.0. The highest BCUT2D eigenvalue weighted by molar-refractivity contribution is 6.33. The molecule has 6 atom stereocenters. The van der Waals surface area contributed by atoms with Gasteiger partial charge in [-0.1, -0.05) is 11.6 Å². The molecule has 2 aromatic heterocycles. The first kappa shape index (κ1) is 23.0. The zero-order chi connectivity index (χ0) is 24.6. The van der Waals surface area contributed by atoms with Crippen molar-refractivity contribution < 1.29 is 14.6 Å². The molecule has 2 heterocycles. The Hall–Kier alpha value is -2.48. The summed E-state index contributed by atoms with van der Waals surface area (Å²) in [6.45, 7) is 3.88. The molecule has 3 saturated carbocycles. The van der Waals surface area contributed by atoms with Crippen LogP contribution in [0.4, 0.5) is 16.0 Å². The number of rotatable bonds is 6. The predicted molar refractivity (Wildman–Crippen MR) is 136 cm³/mol. The zero-order valence-electron chi connectivity index (χ0n) is 19.8. The van der Waals surface area contributed by atoms with Crippen molar-refractivity contribution in [3.63, 3.8) is 0 Å². The molecule has 4 N–H and O–H groups in total. The third kappa shape index (κ3) is 3.43. The first-order valence-corrected chi connectivity index (χ1v) is 12.7. The van der Waals surface area contributed by atoms with Gasteiger partial charge in [-0.25, -0.2) is 14.4 Å². The van der Waals surface area contributed by atoms with Crippen LogP contribution < -0.4 is 5.73 Å². The molecular formula is C27H30ClFN4O2. The van der Waals surface area contributed by atoms with Gasteiger partial charge in [0.2, 0.25) is 0 Å². The highest BCUT2D eigenvalue weighted by Crippen LogP contribution is 2.74. The molecular weight excluding hydrogens is 467 g/mol. The van der Waals surface area contributed by atoms with E-state index < -0.39 is 12.2 Å². The van der Waals surface area contributed by atoms with E-state index in [1.54, 1.807) is 12.3 Å². The Morgan fingerprint density at radius 3 is 2.83 bits per heavy atom. The van der Waals surface area contributed by atoms with Crippen LogP contribution in [0.25, 0.3) is 10.9 Å². The van der Waals surface area contributed by atoms with Gasteiger partial charge in [0, 0.05) is 23.2 Å². The lowest BCUT2D eigenvalue weighted by Gasteiger charge is -2.31. The van der Waals surface area contributed by atoms with E-state index >= 15 is 4.39 Å². The molecule has 6 nitrogen and oxygen atoms in total. The van der Waals surface area contributed by atoms with Gasteiger partial charge in [-0.05, 0) is 92.7 Å². The van der Waals surface area contributed by atoms with Crippen LogP contribution in [0.3, 0.4) is 0 Å². The van der Waals surface area contributed by atoms with Crippen molar-refractivity contribution in [1.82, 2.24) is 9.55 Å². The lowest BCUT2D eigenvalue weighted by atomic mass is 9.77. The van der Waals surface area contributed by atoms with E-state index in [0.717, 1.165) is 36.2 Å². The molecule has 8 heteroatoms. The van der Waals surface area contributed by atoms with Crippen molar-refractivity contribution in [3.8, 4) is 0 Å². The van der Waals surface area contributed by atoms with E-state index in [-0.39, 0.29) is 40.0 Å². The average Bonchev–Trinajstić information content (AvgIpc) is 3.73. The Morgan fingerprint density at radius 1 is 1.34 bits per heavy atom. The molecule has 0 aliphatic heterocycles. The summed E-state index contributed by atoms with van der Waals surface area (Å²) in [7, 11) is 0. The van der Waals surface area contributed by atoms with Crippen LogP contribution in [0.2, 0.25) is 5.02 Å². The molecule has 35 heavy (non-hydrogen) atoms. The minimum absolute atomic E-state index is 0.147. The number of halogens is 2. The number of nitrogens with zero attached hydrogens (tertiary/aromatic N) is 3. The average molecular weight is 497 g/mol. The van der Waals surface area contributed by atoms with Crippen LogP contribution in [0, 0.1) is 35.9 Å². The number of aryl methyl sites for hydroxylation is 1.